The van der Waals surface area contributed by atoms with E-state index in [2.05, 4.69) is 0 Å². The largest absolute Gasteiger partial charge is 0.494 e. The van der Waals surface area contributed by atoms with Crippen LogP contribution in [0.3, 0.4) is 0 Å². The molecule has 2 fully saturated rings. The quantitative estimate of drug-likeness (QED) is 0.671. The number of aryl methyl sites for hydroxylation is 1. The van der Waals surface area contributed by atoms with E-state index in [0.29, 0.717) is 58.9 Å². The summed E-state index contributed by atoms with van der Waals surface area (Å²) >= 11 is 0. The van der Waals surface area contributed by atoms with Gasteiger partial charge in [0.25, 0.3) is 0 Å². The van der Waals surface area contributed by atoms with Crippen molar-refractivity contribution in [3.63, 3.8) is 0 Å². The van der Waals surface area contributed by atoms with Gasteiger partial charge in [0, 0.05) is 45.7 Å². The number of ether oxygens (including phenoxy) is 2. The average molecular weight is 407 g/mol. The molecule has 9 heteroatoms. The molecule has 0 N–H and O–H groups in total. The molecule has 2 aliphatic heterocycles. The van der Waals surface area contributed by atoms with Crippen LogP contribution in [0, 0.1) is 5.82 Å². The van der Waals surface area contributed by atoms with Crippen molar-refractivity contribution >= 4 is 17.7 Å². The zero-order chi connectivity index (χ0) is 20.8. The first kappa shape index (κ1) is 21.0. The van der Waals surface area contributed by atoms with Gasteiger partial charge in [-0.1, -0.05) is 6.07 Å². The predicted octanol–water partition coefficient (Wildman–Crippen LogP) is 0.297. The third-order valence-corrected chi connectivity index (χ3v) is 5.24. The number of methoxy groups -OCH3 is 1. The number of hydrogen-bond acceptors (Lipinski definition) is 5. The van der Waals surface area contributed by atoms with Crippen LogP contribution >= 0.6 is 0 Å². The molecule has 0 atom stereocenters. The van der Waals surface area contributed by atoms with Gasteiger partial charge >= 0.3 is 11.8 Å². The summed E-state index contributed by atoms with van der Waals surface area (Å²) in [6, 6.07) is 4.66. The van der Waals surface area contributed by atoms with Gasteiger partial charge in [-0.05, 0) is 24.1 Å². The molecule has 0 radical (unpaired) electrons. The highest BCUT2D eigenvalue weighted by atomic mass is 19.1. The first-order chi connectivity index (χ1) is 14.0. The van der Waals surface area contributed by atoms with Crippen molar-refractivity contribution in [3.05, 3.63) is 29.6 Å². The van der Waals surface area contributed by atoms with Gasteiger partial charge in [-0.3, -0.25) is 14.4 Å². The monoisotopic (exact) mass is 407 g/mol. The van der Waals surface area contributed by atoms with E-state index in [0.717, 1.165) is 5.56 Å². The van der Waals surface area contributed by atoms with Crippen LogP contribution in [0.2, 0.25) is 0 Å². The zero-order valence-corrected chi connectivity index (χ0v) is 16.6. The lowest BCUT2D eigenvalue weighted by Gasteiger charge is -2.36. The molecular formula is C20H26FN3O5. The summed E-state index contributed by atoms with van der Waals surface area (Å²) in [5.74, 6) is -1.35. The molecule has 0 bridgehead atoms. The number of piperazine rings is 1. The average Bonchev–Trinajstić information content (AvgIpc) is 2.77. The first-order valence-electron chi connectivity index (χ1n) is 9.75. The molecule has 0 aromatic heterocycles. The minimum absolute atomic E-state index is 0.0483. The van der Waals surface area contributed by atoms with Crippen LogP contribution in [0.25, 0.3) is 0 Å². The molecule has 1 aromatic rings. The maximum absolute atomic E-state index is 13.8. The summed E-state index contributed by atoms with van der Waals surface area (Å²) in [7, 11) is 1.40. The lowest BCUT2D eigenvalue weighted by Crippen LogP contribution is -2.55. The Hall–Kier alpha value is -2.68. The summed E-state index contributed by atoms with van der Waals surface area (Å²) < 4.78 is 23.8. The fourth-order valence-corrected chi connectivity index (χ4v) is 3.47. The number of rotatable bonds is 4. The molecule has 8 nitrogen and oxygen atoms in total. The number of halogens is 1. The van der Waals surface area contributed by atoms with E-state index in [4.69, 9.17) is 9.47 Å². The Labute approximate surface area is 169 Å². The van der Waals surface area contributed by atoms with E-state index in [9.17, 15) is 18.8 Å². The van der Waals surface area contributed by atoms with Gasteiger partial charge in [-0.15, -0.1) is 0 Å². The lowest BCUT2D eigenvalue weighted by atomic mass is 10.1. The van der Waals surface area contributed by atoms with Crippen LogP contribution in [0.1, 0.15) is 12.0 Å². The van der Waals surface area contributed by atoms with Gasteiger partial charge in [0.2, 0.25) is 5.91 Å². The number of carbonyl (C=O) groups is 3. The summed E-state index contributed by atoms with van der Waals surface area (Å²) in [5.41, 5.74) is 0.724. The molecule has 3 amide bonds. The van der Waals surface area contributed by atoms with Gasteiger partial charge in [-0.2, -0.15) is 0 Å². The molecule has 2 heterocycles. The summed E-state index contributed by atoms with van der Waals surface area (Å²) in [6.07, 6.45) is 0.681. The first-order valence-corrected chi connectivity index (χ1v) is 9.75. The number of morpholine rings is 1. The molecule has 0 unspecified atom stereocenters. The third-order valence-electron chi connectivity index (χ3n) is 5.24. The van der Waals surface area contributed by atoms with Gasteiger partial charge in [0.05, 0.1) is 20.3 Å². The Morgan fingerprint density at radius 3 is 2.14 bits per heavy atom. The number of carbonyl (C=O) groups excluding carboxylic acids is 3. The molecule has 0 spiro atoms. The number of amides is 3. The van der Waals surface area contributed by atoms with Gasteiger partial charge < -0.3 is 24.2 Å². The van der Waals surface area contributed by atoms with Crippen molar-refractivity contribution in [2.75, 3.05) is 59.6 Å². The molecule has 29 heavy (non-hydrogen) atoms. The van der Waals surface area contributed by atoms with Crippen molar-refractivity contribution in [1.29, 1.82) is 0 Å². The molecule has 0 saturated carbocycles. The molecular weight excluding hydrogens is 381 g/mol. The van der Waals surface area contributed by atoms with Crippen molar-refractivity contribution < 1.29 is 28.2 Å². The zero-order valence-electron chi connectivity index (χ0n) is 16.6. The van der Waals surface area contributed by atoms with Crippen LogP contribution in [0.5, 0.6) is 5.75 Å². The van der Waals surface area contributed by atoms with Crippen LogP contribution in [0.15, 0.2) is 18.2 Å². The summed E-state index contributed by atoms with van der Waals surface area (Å²) in [5, 5.41) is 0. The van der Waals surface area contributed by atoms with Crippen LogP contribution < -0.4 is 4.74 Å². The minimum Gasteiger partial charge on any atom is -0.494 e. The standard InChI is InChI=1S/C20H26FN3O5/c1-28-17-4-2-15(14-16(17)21)3-5-18(25)22-6-8-23(9-7-22)19(26)20(27)24-10-12-29-13-11-24/h2,4,14H,3,5-13H2,1H3. The highest BCUT2D eigenvalue weighted by Crippen LogP contribution is 2.19. The second-order valence-corrected chi connectivity index (χ2v) is 7.05. The van der Waals surface area contributed by atoms with Gasteiger partial charge in [0.15, 0.2) is 11.6 Å². The Morgan fingerprint density at radius 2 is 1.55 bits per heavy atom. The maximum Gasteiger partial charge on any atom is 0.312 e. The predicted molar refractivity (Wildman–Crippen MR) is 102 cm³/mol. The lowest BCUT2D eigenvalue weighted by molar-refractivity contribution is -0.155. The molecule has 2 aliphatic rings. The summed E-state index contributed by atoms with van der Waals surface area (Å²) in [4.78, 5) is 41.9. The van der Waals surface area contributed by atoms with Crippen LogP contribution in [-0.2, 0) is 25.5 Å². The molecule has 158 valence electrons. The van der Waals surface area contributed by atoms with E-state index in [1.54, 1.807) is 17.0 Å². The smallest absolute Gasteiger partial charge is 0.312 e. The Morgan fingerprint density at radius 1 is 0.966 bits per heavy atom. The number of hydrogen-bond donors (Lipinski definition) is 0. The van der Waals surface area contributed by atoms with E-state index >= 15 is 0 Å². The van der Waals surface area contributed by atoms with E-state index in [-0.39, 0.29) is 18.1 Å². The van der Waals surface area contributed by atoms with E-state index < -0.39 is 17.6 Å². The van der Waals surface area contributed by atoms with Crippen molar-refractivity contribution in [2.45, 2.75) is 12.8 Å². The second-order valence-electron chi connectivity index (χ2n) is 7.05. The highest BCUT2D eigenvalue weighted by Gasteiger charge is 2.31. The van der Waals surface area contributed by atoms with Crippen LogP contribution in [-0.4, -0.2) is 92.0 Å². The second kappa shape index (κ2) is 9.69. The SMILES string of the molecule is COc1ccc(CCC(=O)N2CCN(C(=O)C(=O)N3CCOCC3)CC2)cc1F. The maximum atomic E-state index is 13.8. The van der Waals surface area contributed by atoms with Crippen molar-refractivity contribution in [1.82, 2.24) is 14.7 Å². The van der Waals surface area contributed by atoms with Crippen molar-refractivity contribution in [3.8, 4) is 5.75 Å². The fourth-order valence-electron chi connectivity index (χ4n) is 3.47. The van der Waals surface area contributed by atoms with Gasteiger partial charge in [0.1, 0.15) is 0 Å². The van der Waals surface area contributed by atoms with Crippen molar-refractivity contribution in [2.24, 2.45) is 0 Å². The Kier molecular flexibility index (Phi) is 7.03. The Balaban J connectivity index is 1.44. The number of nitrogens with zero attached hydrogens (tertiary/aromatic N) is 3. The highest BCUT2D eigenvalue weighted by molar-refractivity contribution is 6.34. The molecule has 1 aromatic carbocycles. The molecule has 2 saturated heterocycles. The topological polar surface area (TPSA) is 79.4 Å². The number of benzene rings is 1. The van der Waals surface area contributed by atoms with E-state index in [1.807, 2.05) is 0 Å². The normalized spacial score (nSPS) is 17.2. The molecule has 0 aliphatic carbocycles. The summed E-state index contributed by atoms with van der Waals surface area (Å²) in [6.45, 7) is 3.17. The third kappa shape index (κ3) is 5.23. The molecule has 3 rings (SSSR count). The van der Waals surface area contributed by atoms with Crippen LogP contribution in [0.4, 0.5) is 4.39 Å². The van der Waals surface area contributed by atoms with E-state index in [1.165, 1.54) is 23.0 Å². The minimum atomic E-state index is -0.521. The fraction of sp³-hybridized carbons (Fsp3) is 0.550. The van der Waals surface area contributed by atoms with Gasteiger partial charge in [-0.25, -0.2) is 4.39 Å². The Bertz CT molecular complexity index is 758.